The van der Waals surface area contributed by atoms with Crippen molar-refractivity contribution in [3.05, 3.63) is 12.2 Å². The number of allylic oxidation sites excluding steroid dienone is 2. The Balaban J connectivity index is 3.09. The Morgan fingerprint density at radius 3 is 1.21 bits per heavy atom. The number of hydrogen-bond donors (Lipinski definition) is 1. The molecule has 0 aromatic heterocycles. The first-order chi connectivity index (χ1) is 13.6. The van der Waals surface area contributed by atoms with Crippen LogP contribution in [0.1, 0.15) is 135 Å². The van der Waals surface area contributed by atoms with Gasteiger partial charge in [0.05, 0.1) is 5.75 Å². The van der Waals surface area contributed by atoms with Crippen LogP contribution in [-0.4, -0.2) is 18.7 Å². The molecule has 0 atom stereocenters. The molecule has 0 amide bonds. The van der Waals surface area contributed by atoms with Crippen LogP contribution in [0.5, 0.6) is 0 Å². The van der Waals surface area contributed by atoms with E-state index in [2.05, 4.69) is 6.92 Å². The predicted molar refractivity (Wildman–Crippen MR) is 124 cm³/mol. The largest absolute Gasteiger partial charge is 0.286 e. The monoisotopic (exact) mass is 416 g/mol. The van der Waals surface area contributed by atoms with Gasteiger partial charge in [-0.3, -0.25) is 4.55 Å². The summed E-state index contributed by atoms with van der Waals surface area (Å²) in [6.45, 7) is 2.28. The molecule has 28 heavy (non-hydrogen) atoms. The molecule has 0 heterocycles. The first-order valence-corrected chi connectivity index (χ1v) is 13.8. The van der Waals surface area contributed by atoms with Crippen molar-refractivity contribution in [1.82, 2.24) is 0 Å². The molecule has 0 aromatic rings. The van der Waals surface area contributed by atoms with Crippen LogP contribution >= 0.6 is 0 Å². The van der Waals surface area contributed by atoms with Gasteiger partial charge >= 0.3 is 0 Å². The number of unbranched alkanes of at least 4 members (excludes halogenated alkanes) is 18. The molecule has 0 aliphatic rings. The predicted octanol–water partition coefficient (Wildman–Crippen LogP) is 8.25. The highest BCUT2D eigenvalue weighted by molar-refractivity contribution is 7.85. The van der Waals surface area contributed by atoms with Crippen molar-refractivity contribution in [2.75, 3.05) is 5.75 Å². The van der Waals surface area contributed by atoms with Gasteiger partial charge < -0.3 is 0 Å². The van der Waals surface area contributed by atoms with Crippen LogP contribution in [0.2, 0.25) is 0 Å². The molecule has 0 aliphatic carbocycles. The van der Waals surface area contributed by atoms with Crippen molar-refractivity contribution in [3.8, 4) is 0 Å². The fraction of sp³-hybridized carbons (Fsp3) is 0.917. The minimum Gasteiger partial charge on any atom is -0.286 e. The topological polar surface area (TPSA) is 54.4 Å². The minimum absolute atomic E-state index is 0.164. The summed E-state index contributed by atoms with van der Waals surface area (Å²) in [6, 6.07) is 0. The summed E-state index contributed by atoms with van der Waals surface area (Å²) >= 11 is 0. The molecule has 0 rings (SSSR count). The smallest absolute Gasteiger partial charge is 0.265 e. The van der Waals surface area contributed by atoms with E-state index in [-0.39, 0.29) is 5.75 Å². The fourth-order valence-electron chi connectivity index (χ4n) is 3.62. The van der Waals surface area contributed by atoms with Crippen molar-refractivity contribution in [2.24, 2.45) is 0 Å². The van der Waals surface area contributed by atoms with Crippen LogP contribution in [-0.2, 0) is 10.1 Å². The first kappa shape index (κ1) is 27.6. The average Bonchev–Trinajstić information content (AvgIpc) is 2.65. The van der Waals surface area contributed by atoms with Crippen LogP contribution < -0.4 is 0 Å². The summed E-state index contributed by atoms with van der Waals surface area (Å²) in [6.07, 6.45) is 30.4. The van der Waals surface area contributed by atoms with Gasteiger partial charge in [-0.05, 0) is 19.3 Å². The van der Waals surface area contributed by atoms with E-state index in [0.717, 1.165) is 6.42 Å². The summed E-state index contributed by atoms with van der Waals surface area (Å²) < 4.78 is 29.7. The van der Waals surface area contributed by atoms with E-state index < -0.39 is 10.1 Å². The van der Waals surface area contributed by atoms with Crippen molar-refractivity contribution in [2.45, 2.75) is 135 Å². The normalized spacial score (nSPS) is 12.2. The first-order valence-electron chi connectivity index (χ1n) is 12.2. The highest BCUT2D eigenvalue weighted by atomic mass is 32.2. The summed E-state index contributed by atoms with van der Waals surface area (Å²) in [5.41, 5.74) is 0. The highest BCUT2D eigenvalue weighted by Gasteiger charge is 2.00. The molecule has 0 aromatic carbocycles. The molecule has 0 fully saturated rings. The van der Waals surface area contributed by atoms with Gasteiger partial charge in [0.15, 0.2) is 0 Å². The second-order valence-electron chi connectivity index (χ2n) is 8.35. The van der Waals surface area contributed by atoms with Gasteiger partial charge in [0.25, 0.3) is 10.1 Å². The maximum Gasteiger partial charge on any atom is 0.265 e. The van der Waals surface area contributed by atoms with Crippen LogP contribution in [0.4, 0.5) is 0 Å². The maximum absolute atomic E-state index is 10.6. The molecule has 168 valence electrons. The SMILES string of the molecule is CCCCCCCCCCCCCCCCCCCC/C=C/CCS(=O)(=O)O. The van der Waals surface area contributed by atoms with Crippen LogP contribution in [0.25, 0.3) is 0 Å². The molecular formula is C24H48O3S. The zero-order valence-electron chi connectivity index (χ0n) is 18.7. The maximum atomic E-state index is 10.6. The summed E-state index contributed by atoms with van der Waals surface area (Å²) in [7, 11) is -3.80. The zero-order valence-corrected chi connectivity index (χ0v) is 19.5. The molecule has 0 saturated carbocycles. The molecule has 3 nitrogen and oxygen atoms in total. The highest BCUT2D eigenvalue weighted by Crippen LogP contribution is 2.14. The van der Waals surface area contributed by atoms with Gasteiger partial charge in [0, 0.05) is 0 Å². The van der Waals surface area contributed by atoms with Gasteiger partial charge in [-0.15, -0.1) is 0 Å². The van der Waals surface area contributed by atoms with E-state index in [9.17, 15) is 8.42 Å². The zero-order chi connectivity index (χ0) is 20.8. The van der Waals surface area contributed by atoms with Crippen LogP contribution in [0, 0.1) is 0 Å². The standard InChI is InChI=1S/C24H48O3S/c1-2-3-4-5-6-7-8-9-10-11-12-13-14-15-16-17-18-19-20-21-22-23-24-28(25,26)27/h21-22H,2-20,23-24H2,1H3,(H,25,26,27)/b22-21+. The third kappa shape index (κ3) is 25.6. The number of rotatable bonds is 22. The molecule has 0 bridgehead atoms. The van der Waals surface area contributed by atoms with E-state index in [4.69, 9.17) is 4.55 Å². The lowest BCUT2D eigenvalue weighted by molar-refractivity contribution is 0.483. The van der Waals surface area contributed by atoms with E-state index in [1.54, 1.807) is 0 Å². The Hall–Kier alpha value is -0.350. The van der Waals surface area contributed by atoms with Gasteiger partial charge in [-0.25, -0.2) is 0 Å². The van der Waals surface area contributed by atoms with Crippen LogP contribution in [0.15, 0.2) is 12.2 Å². The van der Waals surface area contributed by atoms with Crippen molar-refractivity contribution in [3.63, 3.8) is 0 Å². The molecule has 0 unspecified atom stereocenters. The Kier molecular flexibility index (Phi) is 21.1. The van der Waals surface area contributed by atoms with Crippen molar-refractivity contribution < 1.29 is 13.0 Å². The van der Waals surface area contributed by atoms with E-state index in [1.165, 1.54) is 116 Å². The van der Waals surface area contributed by atoms with Gasteiger partial charge in [-0.1, -0.05) is 128 Å². The molecule has 4 heteroatoms. The second-order valence-corrected chi connectivity index (χ2v) is 9.92. The lowest BCUT2D eigenvalue weighted by Gasteiger charge is -2.03. The van der Waals surface area contributed by atoms with Crippen LogP contribution in [0.3, 0.4) is 0 Å². The van der Waals surface area contributed by atoms with Gasteiger partial charge in [-0.2, -0.15) is 8.42 Å². The number of hydrogen-bond acceptors (Lipinski definition) is 2. The average molecular weight is 417 g/mol. The lowest BCUT2D eigenvalue weighted by atomic mass is 10.0. The van der Waals surface area contributed by atoms with E-state index in [1.807, 2.05) is 12.2 Å². The third-order valence-electron chi connectivity index (χ3n) is 5.43. The minimum atomic E-state index is -3.80. The summed E-state index contributed by atoms with van der Waals surface area (Å²) in [4.78, 5) is 0. The quantitative estimate of drug-likeness (QED) is 0.110. The van der Waals surface area contributed by atoms with Gasteiger partial charge in [0.1, 0.15) is 0 Å². The van der Waals surface area contributed by atoms with Crippen molar-refractivity contribution in [1.29, 1.82) is 0 Å². The Bertz CT molecular complexity index is 429. The van der Waals surface area contributed by atoms with E-state index >= 15 is 0 Å². The summed E-state index contributed by atoms with van der Waals surface area (Å²) in [5, 5.41) is 0. The molecule has 0 radical (unpaired) electrons. The Labute approximate surface area is 176 Å². The Morgan fingerprint density at radius 1 is 0.536 bits per heavy atom. The third-order valence-corrected chi connectivity index (χ3v) is 6.19. The molecule has 0 aliphatic heterocycles. The molecule has 0 spiro atoms. The molecule has 1 N–H and O–H groups in total. The fourth-order valence-corrected chi connectivity index (χ4v) is 4.05. The van der Waals surface area contributed by atoms with Crippen molar-refractivity contribution >= 4 is 10.1 Å². The molecular weight excluding hydrogens is 368 g/mol. The van der Waals surface area contributed by atoms with Gasteiger partial charge in [0.2, 0.25) is 0 Å². The summed E-state index contributed by atoms with van der Waals surface area (Å²) in [5.74, 6) is -0.164. The molecule has 0 saturated heterocycles. The Morgan fingerprint density at radius 2 is 0.857 bits per heavy atom. The van der Waals surface area contributed by atoms with E-state index in [0.29, 0.717) is 6.42 Å². The second kappa shape index (κ2) is 21.4. The lowest BCUT2D eigenvalue weighted by Crippen LogP contribution is -2.01.